The van der Waals surface area contributed by atoms with Crippen molar-refractivity contribution in [1.29, 1.82) is 0 Å². The first-order valence-electron chi connectivity index (χ1n) is 10.0. The van der Waals surface area contributed by atoms with E-state index in [0.29, 0.717) is 0 Å². The number of alkyl halides is 3. The molecule has 0 N–H and O–H groups in total. The van der Waals surface area contributed by atoms with E-state index in [1.54, 1.807) is 6.20 Å². The first-order valence-corrected chi connectivity index (χ1v) is 10.8. The summed E-state index contributed by atoms with van der Waals surface area (Å²) < 4.78 is 39.3. The third kappa shape index (κ3) is 3.95. The van der Waals surface area contributed by atoms with Crippen molar-refractivity contribution in [2.75, 3.05) is 0 Å². The van der Waals surface area contributed by atoms with Crippen LogP contribution in [0.2, 0.25) is 0 Å². The summed E-state index contributed by atoms with van der Waals surface area (Å²) in [7, 11) is 0. The fourth-order valence-corrected chi connectivity index (χ4v) is 5.28. The SMILES string of the molecule is Cc1c(CCC(F)(F)F)sc2c(-c3cc(C(C)(C)C)c4ccccc4c3)nccc12. The van der Waals surface area contributed by atoms with Crippen LogP contribution in [0, 0.1) is 6.92 Å². The fraction of sp³-hybridized carbons (Fsp3) is 0.320. The van der Waals surface area contributed by atoms with Gasteiger partial charge in [0.25, 0.3) is 0 Å². The van der Waals surface area contributed by atoms with Gasteiger partial charge < -0.3 is 0 Å². The number of nitrogens with zero attached hydrogens (tertiary/aromatic N) is 1. The zero-order chi connectivity index (χ0) is 21.7. The number of halogens is 3. The summed E-state index contributed by atoms with van der Waals surface area (Å²) in [6.07, 6.45) is -3.17. The second kappa shape index (κ2) is 7.38. The maximum absolute atomic E-state index is 12.8. The zero-order valence-electron chi connectivity index (χ0n) is 17.5. The van der Waals surface area contributed by atoms with Gasteiger partial charge in [-0.2, -0.15) is 13.2 Å². The summed E-state index contributed by atoms with van der Waals surface area (Å²) >= 11 is 1.44. The first-order chi connectivity index (χ1) is 14.0. The number of pyridine rings is 1. The zero-order valence-corrected chi connectivity index (χ0v) is 18.3. The lowest BCUT2D eigenvalue weighted by atomic mass is 9.82. The average molecular weight is 428 g/mol. The standard InChI is InChI=1S/C25H24F3NS/c1-15-18-10-12-29-22(23(18)30-21(15)9-11-25(26,27)28)17-13-16-7-5-6-8-19(16)20(14-17)24(2,3)4/h5-8,10,12-14H,9,11H2,1-4H3. The van der Waals surface area contributed by atoms with Gasteiger partial charge in [-0.05, 0) is 64.2 Å². The molecule has 0 aliphatic heterocycles. The molecule has 0 saturated heterocycles. The molecule has 156 valence electrons. The first kappa shape index (κ1) is 20.9. The molecule has 0 radical (unpaired) electrons. The Balaban J connectivity index is 1.91. The molecule has 0 spiro atoms. The lowest BCUT2D eigenvalue weighted by Crippen LogP contribution is -2.12. The molecule has 0 aliphatic rings. The van der Waals surface area contributed by atoms with E-state index >= 15 is 0 Å². The van der Waals surface area contributed by atoms with E-state index in [1.165, 1.54) is 22.3 Å². The van der Waals surface area contributed by atoms with E-state index in [0.717, 1.165) is 37.2 Å². The highest BCUT2D eigenvalue weighted by molar-refractivity contribution is 7.19. The summed E-state index contributed by atoms with van der Waals surface area (Å²) in [4.78, 5) is 5.44. The molecule has 0 atom stereocenters. The molecule has 0 amide bonds. The van der Waals surface area contributed by atoms with Gasteiger partial charge in [0.05, 0.1) is 10.4 Å². The third-order valence-electron chi connectivity index (χ3n) is 5.53. The third-order valence-corrected chi connectivity index (χ3v) is 6.90. The van der Waals surface area contributed by atoms with Gasteiger partial charge in [0.15, 0.2) is 0 Å². The van der Waals surface area contributed by atoms with E-state index in [4.69, 9.17) is 0 Å². The second-order valence-electron chi connectivity index (χ2n) is 8.80. The van der Waals surface area contributed by atoms with E-state index in [1.807, 2.05) is 25.1 Å². The lowest BCUT2D eigenvalue weighted by Gasteiger charge is -2.22. The maximum atomic E-state index is 12.8. The van der Waals surface area contributed by atoms with Crippen LogP contribution in [-0.4, -0.2) is 11.2 Å². The molecule has 30 heavy (non-hydrogen) atoms. The van der Waals surface area contributed by atoms with Crippen LogP contribution in [0.5, 0.6) is 0 Å². The molecule has 0 saturated carbocycles. The predicted molar refractivity (Wildman–Crippen MR) is 120 cm³/mol. The van der Waals surface area contributed by atoms with Gasteiger partial charge in [-0.15, -0.1) is 11.3 Å². The number of benzene rings is 2. The molecule has 2 heterocycles. The number of rotatable bonds is 3. The van der Waals surface area contributed by atoms with Crippen molar-refractivity contribution in [2.45, 2.75) is 52.1 Å². The van der Waals surface area contributed by atoms with Crippen LogP contribution in [-0.2, 0) is 11.8 Å². The molecular formula is C25H24F3NS. The molecule has 0 bridgehead atoms. The Bertz CT molecular complexity index is 1230. The average Bonchev–Trinajstić information content (AvgIpc) is 3.00. The van der Waals surface area contributed by atoms with Crippen molar-refractivity contribution in [1.82, 2.24) is 4.98 Å². The van der Waals surface area contributed by atoms with Crippen molar-refractivity contribution >= 4 is 32.2 Å². The molecule has 0 aliphatic carbocycles. The van der Waals surface area contributed by atoms with E-state index in [2.05, 4.69) is 50.0 Å². The maximum Gasteiger partial charge on any atom is 0.389 e. The second-order valence-corrected chi connectivity index (χ2v) is 9.90. The fourth-order valence-electron chi connectivity index (χ4n) is 3.96. The summed E-state index contributed by atoms with van der Waals surface area (Å²) in [6.45, 7) is 8.49. The Morgan fingerprint density at radius 1 is 0.967 bits per heavy atom. The van der Waals surface area contributed by atoms with Gasteiger partial charge >= 0.3 is 6.18 Å². The highest BCUT2D eigenvalue weighted by Gasteiger charge is 2.28. The van der Waals surface area contributed by atoms with Crippen molar-refractivity contribution < 1.29 is 13.2 Å². The van der Waals surface area contributed by atoms with Crippen LogP contribution in [0.4, 0.5) is 13.2 Å². The predicted octanol–water partition coefficient (Wildman–Crippen LogP) is 8.22. The number of hydrogen-bond donors (Lipinski definition) is 0. The van der Waals surface area contributed by atoms with Crippen molar-refractivity contribution in [2.24, 2.45) is 0 Å². The lowest BCUT2D eigenvalue weighted by molar-refractivity contribution is -0.133. The van der Waals surface area contributed by atoms with Gasteiger partial charge in [0.1, 0.15) is 0 Å². The molecule has 4 rings (SSSR count). The van der Waals surface area contributed by atoms with Gasteiger partial charge in [0, 0.05) is 23.1 Å². The molecule has 5 heteroatoms. The van der Waals surface area contributed by atoms with Crippen LogP contribution in [0.1, 0.15) is 43.2 Å². The largest absolute Gasteiger partial charge is 0.389 e. The van der Waals surface area contributed by atoms with Crippen LogP contribution >= 0.6 is 11.3 Å². The number of hydrogen-bond acceptors (Lipinski definition) is 2. The van der Waals surface area contributed by atoms with Crippen LogP contribution in [0.15, 0.2) is 48.7 Å². The molecule has 2 aromatic carbocycles. The van der Waals surface area contributed by atoms with Gasteiger partial charge in [-0.1, -0.05) is 45.0 Å². The van der Waals surface area contributed by atoms with E-state index < -0.39 is 12.6 Å². The van der Waals surface area contributed by atoms with Crippen LogP contribution < -0.4 is 0 Å². The summed E-state index contributed by atoms with van der Waals surface area (Å²) in [5, 5.41) is 3.35. The van der Waals surface area contributed by atoms with Gasteiger partial charge in [-0.3, -0.25) is 4.98 Å². The van der Waals surface area contributed by atoms with Gasteiger partial charge in [0.2, 0.25) is 0 Å². The normalized spacial score (nSPS) is 12.8. The van der Waals surface area contributed by atoms with Crippen molar-refractivity contribution in [3.8, 4) is 11.3 Å². The topological polar surface area (TPSA) is 12.9 Å². The molecule has 4 aromatic rings. The summed E-state index contributed by atoms with van der Waals surface area (Å²) in [6, 6.07) is 14.5. The Kier molecular flexibility index (Phi) is 5.13. The highest BCUT2D eigenvalue weighted by Crippen LogP contribution is 2.40. The molecule has 0 fully saturated rings. The Labute approximate surface area is 178 Å². The van der Waals surface area contributed by atoms with Crippen molar-refractivity contribution in [3.63, 3.8) is 0 Å². The Morgan fingerprint density at radius 3 is 2.40 bits per heavy atom. The highest BCUT2D eigenvalue weighted by atomic mass is 32.1. The summed E-state index contributed by atoms with van der Waals surface area (Å²) in [5.41, 5.74) is 3.97. The number of aromatic nitrogens is 1. The van der Waals surface area contributed by atoms with E-state index in [9.17, 15) is 13.2 Å². The smallest absolute Gasteiger partial charge is 0.255 e. The number of aryl methyl sites for hydroxylation is 2. The number of thiophene rings is 1. The molecule has 1 nitrogen and oxygen atoms in total. The molecule has 0 unspecified atom stereocenters. The summed E-state index contributed by atoms with van der Waals surface area (Å²) in [5.74, 6) is 0. The Hall–Kier alpha value is -2.40. The van der Waals surface area contributed by atoms with E-state index in [-0.39, 0.29) is 11.8 Å². The molecular weight excluding hydrogens is 403 g/mol. The van der Waals surface area contributed by atoms with Crippen LogP contribution in [0.25, 0.3) is 32.1 Å². The quantitative estimate of drug-likeness (QED) is 0.321. The Morgan fingerprint density at radius 2 is 1.70 bits per heavy atom. The van der Waals surface area contributed by atoms with Crippen molar-refractivity contribution in [3.05, 3.63) is 64.7 Å². The molecule has 2 aromatic heterocycles. The minimum atomic E-state index is -4.15. The van der Waals surface area contributed by atoms with Gasteiger partial charge in [-0.25, -0.2) is 0 Å². The monoisotopic (exact) mass is 427 g/mol. The minimum absolute atomic E-state index is 0.0130. The van der Waals surface area contributed by atoms with Crippen LogP contribution in [0.3, 0.4) is 0 Å². The number of fused-ring (bicyclic) bond motifs is 2. The minimum Gasteiger partial charge on any atom is -0.255 e.